The quantitative estimate of drug-likeness (QED) is 0.784. The van der Waals surface area contributed by atoms with Gasteiger partial charge in [0.05, 0.1) is 22.7 Å². The molecule has 1 heterocycles. The first-order valence-electron chi connectivity index (χ1n) is 6.67. The fourth-order valence-corrected chi connectivity index (χ4v) is 3.76. The molecular formula is C13H17N3O3S. The Bertz CT molecular complexity index is 710. The Balaban J connectivity index is 1.76. The minimum atomic E-state index is -3.55. The summed E-state index contributed by atoms with van der Waals surface area (Å²) in [7, 11) is -3.55. The zero-order valence-electron chi connectivity index (χ0n) is 10.9. The lowest BCUT2D eigenvalue weighted by atomic mass is 10.1. The topological polar surface area (TPSA) is 95.1 Å². The molecule has 6 nitrogen and oxygen atoms in total. The molecule has 0 saturated heterocycles. The first kappa shape index (κ1) is 13.5. The second kappa shape index (κ2) is 5.16. The van der Waals surface area contributed by atoms with Crippen molar-refractivity contribution < 1.29 is 13.5 Å². The molecule has 1 aromatic carbocycles. The van der Waals surface area contributed by atoms with Crippen LogP contribution in [0.5, 0.6) is 0 Å². The third-order valence-electron chi connectivity index (χ3n) is 3.88. The lowest BCUT2D eigenvalue weighted by molar-refractivity contribution is 0.134. The number of nitrogens with zero attached hydrogens (tertiary/aromatic N) is 1. The number of nitrogens with one attached hydrogen (secondary N) is 2. The molecule has 0 bridgehead atoms. The van der Waals surface area contributed by atoms with Crippen LogP contribution in [0.15, 0.2) is 29.3 Å². The van der Waals surface area contributed by atoms with Crippen LogP contribution >= 0.6 is 0 Å². The third-order valence-corrected chi connectivity index (χ3v) is 5.30. The van der Waals surface area contributed by atoms with Gasteiger partial charge in [0, 0.05) is 11.9 Å². The highest BCUT2D eigenvalue weighted by Crippen LogP contribution is 2.25. The summed E-state index contributed by atoms with van der Waals surface area (Å²) in [5.41, 5.74) is 0.689. The van der Waals surface area contributed by atoms with Crippen LogP contribution < -0.4 is 4.72 Å². The van der Waals surface area contributed by atoms with E-state index >= 15 is 0 Å². The zero-order chi connectivity index (χ0) is 14.2. The number of aliphatic hydroxyl groups excluding tert-OH is 1. The molecule has 1 saturated carbocycles. The van der Waals surface area contributed by atoms with E-state index in [9.17, 15) is 13.5 Å². The Morgan fingerprint density at radius 3 is 3.00 bits per heavy atom. The minimum absolute atomic E-state index is 0.0145. The number of aromatic amines is 1. The average molecular weight is 295 g/mol. The number of hydrogen-bond donors (Lipinski definition) is 3. The maximum absolute atomic E-state index is 12.2. The van der Waals surface area contributed by atoms with Gasteiger partial charge in [-0.2, -0.15) is 5.10 Å². The zero-order valence-corrected chi connectivity index (χ0v) is 11.7. The number of sulfonamides is 1. The van der Waals surface area contributed by atoms with Crippen molar-refractivity contribution >= 4 is 20.9 Å². The molecule has 0 amide bonds. The predicted octanol–water partition coefficient (Wildman–Crippen LogP) is 1.00. The molecule has 0 spiro atoms. The van der Waals surface area contributed by atoms with Gasteiger partial charge in [-0.25, -0.2) is 13.1 Å². The number of hydrogen-bond acceptors (Lipinski definition) is 4. The summed E-state index contributed by atoms with van der Waals surface area (Å²) in [4.78, 5) is 0.210. The third kappa shape index (κ3) is 2.56. The number of benzene rings is 1. The van der Waals surface area contributed by atoms with Crippen molar-refractivity contribution in [3.8, 4) is 0 Å². The van der Waals surface area contributed by atoms with Crippen molar-refractivity contribution in [2.24, 2.45) is 5.92 Å². The molecule has 108 valence electrons. The van der Waals surface area contributed by atoms with E-state index in [1.165, 1.54) is 0 Å². The molecule has 0 unspecified atom stereocenters. The number of fused-ring (bicyclic) bond motifs is 1. The molecule has 1 aliphatic carbocycles. The lowest BCUT2D eigenvalue weighted by Crippen LogP contribution is -2.32. The normalized spacial score (nSPS) is 23.4. The van der Waals surface area contributed by atoms with Crippen LogP contribution in [0.1, 0.15) is 19.3 Å². The highest BCUT2D eigenvalue weighted by molar-refractivity contribution is 7.89. The maximum Gasteiger partial charge on any atom is 0.240 e. The van der Waals surface area contributed by atoms with E-state index in [1.807, 2.05) is 0 Å². The van der Waals surface area contributed by atoms with Crippen molar-refractivity contribution in [3.63, 3.8) is 0 Å². The molecule has 7 heteroatoms. The van der Waals surface area contributed by atoms with E-state index in [0.717, 1.165) is 24.6 Å². The van der Waals surface area contributed by atoms with Crippen LogP contribution in [0.2, 0.25) is 0 Å². The van der Waals surface area contributed by atoms with Gasteiger partial charge in [0.1, 0.15) is 0 Å². The monoisotopic (exact) mass is 295 g/mol. The number of aliphatic hydroxyl groups is 1. The van der Waals surface area contributed by atoms with Gasteiger partial charge in [-0.05, 0) is 37.0 Å². The summed E-state index contributed by atoms with van der Waals surface area (Å²) in [5, 5.41) is 17.2. The first-order chi connectivity index (χ1) is 9.56. The van der Waals surface area contributed by atoms with Crippen molar-refractivity contribution in [2.75, 3.05) is 6.54 Å². The molecule has 0 aliphatic heterocycles. The molecule has 3 rings (SSSR count). The fraction of sp³-hybridized carbons (Fsp3) is 0.462. The molecule has 0 radical (unpaired) electrons. The van der Waals surface area contributed by atoms with Gasteiger partial charge < -0.3 is 5.11 Å². The summed E-state index contributed by atoms with van der Waals surface area (Å²) in [6.07, 6.45) is 3.82. The number of H-pyrrole nitrogens is 1. The van der Waals surface area contributed by atoms with Gasteiger partial charge in [-0.3, -0.25) is 5.10 Å². The van der Waals surface area contributed by atoms with E-state index in [1.54, 1.807) is 24.4 Å². The fourth-order valence-electron chi connectivity index (χ4n) is 2.64. The largest absolute Gasteiger partial charge is 0.393 e. The smallest absolute Gasteiger partial charge is 0.240 e. The highest BCUT2D eigenvalue weighted by atomic mass is 32.2. The molecule has 20 heavy (non-hydrogen) atoms. The van der Waals surface area contributed by atoms with Crippen LogP contribution in [-0.2, 0) is 10.0 Å². The van der Waals surface area contributed by atoms with Gasteiger partial charge in [0.2, 0.25) is 10.0 Å². The second-order valence-corrected chi connectivity index (χ2v) is 7.00. The summed E-state index contributed by atoms with van der Waals surface area (Å²) in [6, 6.07) is 4.85. The SMILES string of the molecule is O=S(=O)(NC[C@H]1CCC[C@@H]1O)c1ccc2cn[nH]c2c1. The molecule has 1 aliphatic rings. The second-order valence-electron chi connectivity index (χ2n) is 5.23. The van der Waals surface area contributed by atoms with Crippen LogP contribution in [0.25, 0.3) is 10.9 Å². The number of aromatic nitrogens is 2. The Hall–Kier alpha value is -1.44. The molecule has 3 N–H and O–H groups in total. The number of rotatable bonds is 4. The standard InChI is InChI=1S/C13H17N3O3S/c17-13-3-1-2-10(13)8-15-20(18,19)11-5-4-9-7-14-16-12(9)6-11/h4-7,10,13,15,17H,1-3,8H2,(H,14,16)/t10-,13+/m1/s1. The van der Waals surface area contributed by atoms with Crippen LogP contribution in [0.4, 0.5) is 0 Å². The lowest BCUT2D eigenvalue weighted by Gasteiger charge is -2.15. The van der Waals surface area contributed by atoms with Gasteiger partial charge in [0.25, 0.3) is 0 Å². The molecular weight excluding hydrogens is 278 g/mol. The van der Waals surface area contributed by atoms with Crippen LogP contribution in [-0.4, -0.2) is 36.4 Å². The van der Waals surface area contributed by atoms with E-state index in [0.29, 0.717) is 5.52 Å². The van der Waals surface area contributed by atoms with Crippen molar-refractivity contribution in [1.82, 2.24) is 14.9 Å². The Morgan fingerprint density at radius 2 is 2.25 bits per heavy atom. The molecule has 1 fully saturated rings. The molecule has 2 atom stereocenters. The average Bonchev–Trinajstić information content (AvgIpc) is 3.04. The summed E-state index contributed by atoms with van der Waals surface area (Å²) in [5.74, 6) is 0.0145. The maximum atomic E-state index is 12.2. The van der Waals surface area contributed by atoms with Gasteiger partial charge in [-0.15, -0.1) is 0 Å². The van der Waals surface area contributed by atoms with E-state index in [2.05, 4.69) is 14.9 Å². The summed E-state index contributed by atoms with van der Waals surface area (Å²) in [6.45, 7) is 0.282. The minimum Gasteiger partial charge on any atom is -0.393 e. The first-order valence-corrected chi connectivity index (χ1v) is 8.15. The van der Waals surface area contributed by atoms with Crippen molar-refractivity contribution in [2.45, 2.75) is 30.3 Å². The Kier molecular flexibility index (Phi) is 3.49. The van der Waals surface area contributed by atoms with Gasteiger partial charge in [-0.1, -0.05) is 6.42 Å². The van der Waals surface area contributed by atoms with E-state index in [-0.39, 0.29) is 17.4 Å². The van der Waals surface area contributed by atoms with E-state index < -0.39 is 16.1 Å². The van der Waals surface area contributed by atoms with Gasteiger partial charge in [0.15, 0.2) is 0 Å². The van der Waals surface area contributed by atoms with E-state index in [4.69, 9.17) is 0 Å². The van der Waals surface area contributed by atoms with Crippen LogP contribution in [0, 0.1) is 5.92 Å². The van der Waals surface area contributed by atoms with Gasteiger partial charge >= 0.3 is 0 Å². The van der Waals surface area contributed by atoms with Crippen molar-refractivity contribution in [3.05, 3.63) is 24.4 Å². The summed E-state index contributed by atoms with van der Waals surface area (Å²) >= 11 is 0. The Labute approximate surface area is 117 Å². The molecule has 2 aromatic rings. The highest BCUT2D eigenvalue weighted by Gasteiger charge is 2.26. The molecule has 1 aromatic heterocycles. The van der Waals surface area contributed by atoms with Crippen molar-refractivity contribution in [1.29, 1.82) is 0 Å². The van der Waals surface area contributed by atoms with Crippen LogP contribution in [0.3, 0.4) is 0 Å². The summed E-state index contributed by atoms with van der Waals surface area (Å²) < 4.78 is 27.1. The Morgan fingerprint density at radius 1 is 1.40 bits per heavy atom. The predicted molar refractivity (Wildman–Crippen MR) is 74.6 cm³/mol.